The Labute approximate surface area is 299 Å². The fraction of sp³-hybridized carbons (Fsp3) is 0.0238. The number of benzene rings is 3. The largest absolute Gasteiger partial charge is 0.359 e. The lowest BCUT2D eigenvalue weighted by atomic mass is 9.85. The van der Waals surface area contributed by atoms with Crippen molar-refractivity contribution in [1.82, 2.24) is 35.1 Å². The Bertz CT molecular complexity index is 2980. The van der Waals surface area contributed by atoms with Crippen molar-refractivity contribution >= 4 is 93.4 Å². The molecule has 0 bridgehead atoms. The van der Waals surface area contributed by atoms with Gasteiger partial charge in [-0.2, -0.15) is 5.10 Å². The number of fused-ring (bicyclic) bond motifs is 5. The number of para-hydroxylation sites is 2. The van der Waals surface area contributed by atoms with Gasteiger partial charge in [0.05, 0.1) is 38.2 Å². The van der Waals surface area contributed by atoms with E-state index in [4.69, 9.17) is 5.10 Å². The van der Waals surface area contributed by atoms with Crippen molar-refractivity contribution in [3.05, 3.63) is 156 Å². The maximum absolute atomic E-state index is 18.6. The molecule has 10 aromatic rings. The monoisotopic (exact) mass is 694 g/mol. The second kappa shape index (κ2) is 11.1. The van der Waals surface area contributed by atoms with Crippen molar-refractivity contribution < 1.29 is 4.39 Å². The number of rotatable bonds is 5. The Morgan fingerprint density at radius 1 is 0.673 bits per heavy atom. The van der Waals surface area contributed by atoms with Gasteiger partial charge in [-0.1, -0.05) is 60.7 Å². The first-order valence-electron chi connectivity index (χ1n) is 17.0. The third kappa shape index (κ3) is 4.28. The minimum atomic E-state index is -1.64. The van der Waals surface area contributed by atoms with Gasteiger partial charge in [0.2, 0.25) is 6.30 Å². The molecule has 1 unspecified atom stereocenters. The number of aromatic amines is 4. The number of nitrogens with zero attached hydrogens (tertiary/aromatic N) is 4. The van der Waals surface area contributed by atoms with Gasteiger partial charge in [-0.3, -0.25) is 20.0 Å². The van der Waals surface area contributed by atoms with Crippen LogP contribution in [0.3, 0.4) is 0 Å². The van der Waals surface area contributed by atoms with Gasteiger partial charge in [-0.25, -0.2) is 4.39 Å². The molecule has 11 rings (SSSR count). The SMILES string of the molecule is FC1C(c2cc3ncccc3s2)=C(c2cc3ncccc3[nH]2)C(c2n[nH]c3ccccc23)=C(c2[nH]cc3ccccc23)N1c1cc2ccccc2[nH]1. The highest BCUT2D eigenvalue weighted by atomic mass is 32.1. The highest BCUT2D eigenvalue weighted by Gasteiger charge is 2.42. The van der Waals surface area contributed by atoms with E-state index in [-0.39, 0.29) is 0 Å². The summed E-state index contributed by atoms with van der Waals surface area (Å²) in [4.78, 5) is 22.7. The number of H-pyrrole nitrogens is 4. The first kappa shape index (κ1) is 29.0. The van der Waals surface area contributed by atoms with Crippen LogP contribution in [0.4, 0.5) is 10.2 Å². The average Bonchev–Trinajstić information content (AvgIpc) is 4.02. The Morgan fingerprint density at radius 2 is 1.42 bits per heavy atom. The summed E-state index contributed by atoms with van der Waals surface area (Å²) < 4.78 is 19.6. The van der Waals surface area contributed by atoms with Crippen LogP contribution in [-0.4, -0.2) is 41.4 Å². The first-order chi connectivity index (χ1) is 25.7. The molecule has 4 N–H and O–H groups in total. The predicted octanol–water partition coefficient (Wildman–Crippen LogP) is 10.3. The molecule has 0 fully saturated rings. The number of halogens is 1. The molecular weight excluding hydrogens is 668 g/mol. The minimum Gasteiger partial charge on any atom is -0.359 e. The van der Waals surface area contributed by atoms with Crippen LogP contribution in [0.2, 0.25) is 0 Å². The summed E-state index contributed by atoms with van der Waals surface area (Å²) in [6, 6.07) is 38.2. The van der Waals surface area contributed by atoms with Crippen molar-refractivity contribution in [1.29, 1.82) is 0 Å². The third-order valence-corrected chi connectivity index (χ3v) is 11.1. The summed E-state index contributed by atoms with van der Waals surface area (Å²) >= 11 is 1.53. The number of allylic oxidation sites excluding steroid dienone is 2. The van der Waals surface area contributed by atoms with E-state index in [9.17, 15) is 0 Å². The van der Waals surface area contributed by atoms with Crippen molar-refractivity contribution in [2.45, 2.75) is 6.30 Å². The van der Waals surface area contributed by atoms with Crippen LogP contribution in [0.1, 0.15) is 22.0 Å². The summed E-state index contributed by atoms with van der Waals surface area (Å²) in [5.74, 6) is 0.619. The minimum absolute atomic E-state index is 0.509. The van der Waals surface area contributed by atoms with Gasteiger partial charge >= 0.3 is 0 Å². The van der Waals surface area contributed by atoms with E-state index >= 15 is 4.39 Å². The van der Waals surface area contributed by atoms with Crippen LogP contribution in [-0.2, 0) is 0 Å². The van der Waals surface area contributed by atoms with E-state index in [1.54, 1.807) is 17.3 Å². The van der Waals surface area contributed by atoms with Gasteiger partial charge < -0.3 is 15.0 Å². The highest BCUT2D eigenvalue weighted by molar-refractivity contribution is 7.20. The van der Waals surface area contributed by atoms with E-state index in [0.717, 1.165) is 75.7 Å². The van der Waals surface area contributed by atoms with Crippen molar-refractivity contribution in [2.75, 3.05) is 4.90 Å². The maximum Gasteiger partial charge on any atom is 0.205 e. The summed E-state index contributed by atoms with van der Waals surface area (Å²) in [5.41, 5.74) is 9.11. The highest BCUT2D eigenvalue weighted by Crippen LogP contribution is 2.54. The third-order valence-electron chi connectivity index (χ3n) is 9.99. The Morgan fingerprint density at radius 3 is 2.27 bits per heavy atom. The van der Waals surface area contributed by atoms with E-state index in [0.29, 0.717) is 28.4 Å². The van der Waals surface area contributed by atoms with E-state index in [1.165, 1.54) is 11.3 Å². The number of thiophene rings is 1. The van der Waals surface area contributed by atoms with E-state index in [1.807, 2.05) is 103 Å². The average molecular weight is 695 g/mol. The number of hydrogen-bond donors (Lipinski definition) is 4. The molecule has 0 saturated heterocycles. The molecule has 8 nitrogen and oxygen atoms in total. The molecule has 3 aromatic carbocycles. The zero-order valence-corrected chi connectivity index (χ0v) is 28.2. The zero-order valence-electron chi connectivity index (χ0n) is 27.4. The molecule has 1 atom stereocenters. The fourth-order valence-electron chi connectivity index (χ4n) is 7.68. The summed E-state index contributed by atoms with van der Waals surface area (Å²) in [6.07, 6.45) is 3.90. The first-order valence-corrected chi connectivity index (χ1v) is 17.8. The molecule has 10 heteroatoms. The maximum atomic E-state index is 18.6. The molecule has 248 valence electrons. The number of alkyl halides is 1. The summed E-state index contributed by atoms with van der Waals surface area (Å²) in [5, 5.41) is 12.2. The van der Waals surface area contributed by atoms with Crippen molar-refractivity contribution in [2.24, 2.45) is 0 Å². The quantitative estimate of drug-likeness (QED) is 0.135. The molecule has 0 saturated carbocycles. The van der Waals surface area contributed by atoms with Crippen LogP contribution >= 0.6 is 11.3 Å². The topological polar surface area (TPSA) is 105 Å². The lowest BCUT2D eigenvalue weighted by Crippen LogP contribution is -2.36. The van der Waals surface area contributed by atoms with E-state index in [2.05, 4.69) is 48.2 Å². The second-order valence-corrected chi connectivity index (χ2v) is 14.0. The molecule has 7 aromatic heterocycles. The van der Waals surface area contributed by atoms with Gasteiger partial charge in [-0.05, 0) is 60.0 Å². The standard InChI is InChI=1S/C42H27FN8S/c43-42-37(34-21-31-33(52-34)16-8-18-45-31)36(32-20-30-29(47-32)15-7-17-44-30)38(39-26-12-4-6-14-28(26)49-50-39)41(40-25-11-3-1-10-24(25)22-46-40)51(42)35-19-23-9-2-5-13-27(23)48-35/h1-22,42,46-48H,(H,49,50). The van der Waals surface area contributed by atoms with Crippen LogP contribution in [0.25, 0.3) is 76.2 Å². The Hall–Kier alpha value is -6.78. The molecular formula is C42H27FN8S. The number of anilines is 1. The van der Waals surface area contributed by atoms with Crippen LogP contribution < -0.4 is 4.90 Å². The molecule has 0 spiro atoms. The van der Waals surface area contributed by atoms with E-state index < -0.39 is 6.30 Å². The summed E-state index contributed by atoms with van der Waals surface area (Å²) in [6.45, 7) is 0. The van der Waals surface area contributed by atoms with Gasteiger partial charge in [0.25, 0.3) is 0 Å². The molecule has 0 radical (unpaired) electrons. The molecule has 1 aliphatic rings. The van der Waals surface area contributed by atoms with Crippen molar-refractivity contribution in [3.8, 4) is 0 Å². The number of nitrogens with one attached hydrogen (secondary N) is 4. The molecule has 52 heavy (non-hydrogen) atoms. The van der Waals surface area contributed by atoms with Gasteiger partial charge in [0.15, 0.2) is 0 Å². The van der Waals surface area contributed by atoms with Crippen molar-refractivity contribution in [3.63, 3.8) is 0 Å². The smallest absolute Gasteiger partial charge is 0.205 e. The predicted molar refractivity (Wildman–Crippen MR) is 209 cm³/mol. The Balaban J connectivity index is 1.35. The van der Waals surface area contributed by atoms with Gasteiger partial charge in [0.1, 0.15) is 11.5 Å². The number of hydrogen-bond acceptors (Lipinski definition) is 5. The van der Waals surface area contributed by atoms with Gasteiger partial charge in [0, 0.05) is 67.6 Å². The number of pyridine rings is 2. The lowest BCUT2D eigenvalue weighted by molar-refractivity contribution is 0.418. The Kier molecular flexibility index (Phi) is 6.20. The van der Waals surface area contributed by atoms with Crippen LogP contribution in [0.5, 0.6) is 0 Å². The molecule has 8 heterocycles. The molecule has 0 amide bonds. The zero-order chi connectivity index (χ0) is 34.3. The van der Waals surface area contributed by atoms with Crippen LogP contribution in [0.15, 0.2) is 134 Å². The van der Waals surface area contributed by atoms with Gasteiger partial charge in [-0.15, -0.1) is 11.3 Å². The molecule has 0 aliphatic carbocycles. The number of aromatic nitrogens is 7. The van der Waals surface area contributed by atoms with Crippen LogP contribution in [0, 0.1) is 0 Å². The fourth-order valence-corrected chi connectivity index (χ4v) is 8.76. The second-order valence-electron chi connectivity index (χ2n) is 12.9. The molecule has 1 aliphatic heterocycles. The summed E-state index contributed by atoms with van der Waals surface area (Å²) in [7, 11) is 0. The normalized spacial score (nSPS) is 15.4. The lowest BCUT2D eigenvalue weighted by Gasteiger charge is -2.38.